The molecule has 1 aromatic rings. The fraction of sp³-hybridized carbons (Fsp3) is 0.765. The molecule has 0 bridgehead atoms. The van der Waals surface area contributed by atoms with Gasteiger partial charge in [-0.3, -0.25) is 4.90 Å². The van der Waals surface area contributed by atoms with E-state index in [0.29, 0.717) is 5.41 Å². The molecule has 0 aliphatic heterocycles. The zero-order chi connectivity index (χ0) is 14.4. The Hall–Kier alpha value is -0.380. The predicted molar refractivity (Wildman–Crippen MR) is 89.3 cm³/mol. The highest BCUT2D eigenvalue weighted by Crippen LogP contribution is 2.33. The molecule has 114 valence electrons. The topological polar surface area (TPSA) is 15.3 Å². The lowest BCUT2D eigenvalue weighted by Crippen LogP contribution is -2.42. The van der Waals surface area contributed by atoms with Gasteiger partial charge in [-0.1, -0.05) is 26.8 Å². The third kappa shape index (κ3) is 4.87. The van der Waals surface area contributed by atoms with E-state index in [1.807, 2.05) is 11.3 Å². The molecule has 1 atom stereocenters. The summed E-state index contributed by atoms with van der Waals surface area (Å²) in [6.07, 6.45) is 5.26. The maximum atomic E-state index is 3.63. The van der Waals surface area contributed by atoms with Crippen molar-refractivity contribution in [3.8, 4) is 0 Å². The van der Waals surface area contributed by atoms with E-state index in [4.69, 9.17) is 0 Å². The summed E-state index contributed by atoms with van der Waals surface area (Å²) in [6.45, 7) is 11.7. The first-order valence-corrected chi connectivity index (χ1v) is 9.02. The number of hydrogen-bond donors (Lipinski definition) is 1. The fourth-order valence-electron chi connectivity index (χ4n) is 2.71. The Labute approximate surface area is 128 Å². The van der Waals surface area contributed by atoms with Crippen LogP contribution in [0.5, 0.6) is 0 Å². The average Bonchev–Trinajstić information content (AvgIpc) is 3.17. The lowest BCUT2D eigenvalue weighted by Gasteiger charge is -2.35. The second-order valence-corrected chi connectivity index (χ2v) is 7.59. The number of rotatable bonds is 10. The predicted octanol–water partition coefficient (Wildman–Crippen LogP) is 4.13. The molecule has 2 nitrogen and oxygen atoms in total. The molecule has 1 unspecified atom stereocenters. The Morgan fingerprint density at radius 1 is 1.40 bits per heavy atom. The molecule has 0 saturated heterocycles. The van der Waals surface area contributed by atoms with Gasteiger partial charge in [-0.05, 0) is 49.1 Å². The summed E-state index contributed by atoms with van der Waals surface area (Å²) in [5.74, 6) is 0. The van der Waals surface area contributed by atoms with Crippen LogP contribution in [0.3, 0.4) is 0 Å². The highest BCUT2D eigenvalue weighted by Gasteiger charge is 2.34. The molecule has 1 N–H and O–H groups in total. The van der Waals surface area contributed by atoms with Gasteiger partial charge in [-0.25, -0.2) is 0 Å². The molecule has 0 amide bonds. The summed E-state index contributed by atoms with van der Waals surface area (Å²) < 4.78 is 0. The van der Waals surface area contributed by atoms with Crippen molar-refractivity contribution in [3.05, 3.63) is 22.4 Å². The summed E-state index contributed by atoms with van der Waals surface area (Å²) in [5, 5.41) is 5.82. The van der Waals surface area contributed by atoms with Crippen LogP contribution < -0.4 is 5.32 Å². The van der Waals surface area contributed by atoms with Crippen LogP contribution in [0.25, 0.3) is 0 Å². The second-order valence-electron chi connectivity index (χ2n) is 6.56. The van der Waals surface area contributed by atoms with E-state index in [1.165, 1.54) is 37.1 Å². The summed E-state index contributed by atoms with van der Waals surface area (Å²) in [7, 11) is 0. The van der Waals surface area contributed by atoms with Gasteiger partial charge in [0.1, 0.15) is 0 Å². The lowest BCUT2D eigenvalue weighted by molar-refractivity contribution is 0.143. The molecule has 1 aromatic heterocycles. The molecule has 0 aromatic carbocycles. The van der Waals surface area contributed by atoms with Crippen molar-refractivity contribution >= 4 is 11.3 Å². The minimum atomic E-state index is 0.398. The first-order valence-electron chi connectivity index (χ1n) is 8.14. The number of nitrogens with one attached hydrogen (secondary N) is 1. The zero-order valence-corrected chi connectivity index (χ0v) is 14.1. The van der Waals surface area contributed by atoms with Crippen LogP contribution in [-0.2, 0) is 6.54 Å². The molecule has 1 fully saturated rings. The van der Waals surface area contributed by atoms with E-state index in [0.717, 1.165) is 25.7 Å². The Balaban J connectivity index is 1.91. The van der Waals surface area contributed by atoms with Crippen molar-refractivity contribution in [3.63, 3.8) is 0 Å². The van der Waals surface area contributed by atoms with Gasteiger partial charge in [0.25, 0.3) is 0 Å². The standard InChI is InChI=1S/C17H30N2S/c1-4-10-18-13-17(3,5-2)14-19(15-8-9-15)12-16-7-6-11-20-16/h6-7,11,15,18H,4-5,8-10,12-14H2,1-3H3. The highest BCUT2D eigenvalue weighted by atomic mass is 32.1. The van der Waals surface area contributed by atoms with Crippen LogP contribution >= 0.6 is 11.3 Å². The minimum Gasteiger partial charge on any atom is -0.316 e. The van der Waals surface area contributed by atoms with Gasteiger partial charge in [0, 0.05) is 30.6 Å². The van der Waals surface area contributed by atoms with Crippen molar-refractivity contribution in [1.82, 2.24) is 10.2 Å². The van der Waals surface area contributed by atoms with E-state index >= 15 is 0 Å². The molecule has 0 radical (unpaired) electrons. The first kappa shape index (κ1) is 16.0. The van der Waals surface area contributed by atoms with E-state index in [-0.39, 0.29) is 0 Å². The minimum absolute atomic E-state index is 0.398. The van der Waals surface area contributed by atoms with Gasteiger partial charge in [-0.15, -0.1) is 11.3 Å². The third-order valence-corrected chi connectivity index (χ3v) is 5.28. The molecular formula is C17H30N2S. The number of nitrogens with zero attached hydrogens (tertiary/aromatic N) is 1. The van der Waals surface area contributed by atoms with Crippen molar-refractivity contribution in [2.24, 2.45) is 5.41 Å². The molecule has 1 aliphatic carbocycles. The third-order valence-electron chi connectivity index (χ3n) is 4.42. The number of thiophene rings is 1. The van der Waals surface area contributed by atoms with Gasteiger partial charge in [0.15, 0.2) is 0 Å². The summed E-state index contributed by atoms with van der Waals surface area (Å²) in [5.41, 5.74) is 0.398. The smallest absolute Gasteiger partial charge is 0.0331 e. The largest absolute Gasteiger partial charge is 0.316 e. The van der Waals surface area contributed by atoms with E-state index in [9.17, 15) is 0 Å². The highest BCUT2D eigenvalue weighted by molar-refractivity contribution is 7.09. The maximum absolute atomic E-state index is 3.63. The second kappa shape index (κ2) is 7.58. The molecule has 1 heterocycles. The average molecular weight is 295 g/mol. The Morgan fingerprint density at radius 3 is 2.75 bits per heavy atom. The Kier molecular flexibility index (Phi) is 6.06. The summed E-state index contributed by atoms with van der Waals surface area (Å²) in [4.78, 5) is 4.24. The van der Waals surface area contributed by atoms with Crippen LogP contribution in [0, 0.1) is 5.41 Å². The van der Waals surface area contributed by atoms with Crippen LogP contribution in [-0.4, -0.2) is 30.6 Å². The van der Waals surface area contributed by atoms with Crippen molar-refractivity contribution in [1.29, 1.82) is 0 Å². The Morgan fingerprint density at radius 2 is 2.20 bits per heavy atom. The summed E-state index contributed by atoms with van der Waals surface area (Å²) >= 11 is 1.89. The normalized spacial score (nSPS) is 18.4. The van der Waals surface area contributed by atoms with E-state index in [1.54, 1.807) is 0 Å². The summed E-state index contributed by atoms with van der Waals surface area (Å²) in [6, 6.07) is 5.29. The number of hydrogen-bond acceptors (Lipinski definition) is 3. The van der Waals surface area contributed by atoms with E-state index in [2.05, 4.69) is 48.5 Å². The SMILES string of the molecule is CCCNCC(C)(CC)CN(Cc1cccs1)C1CC1. The maximum Gasteiger partial charge on any atom is 0.0331 e. The van der Waals surface area contributed by atoms with Crippen LogP contribution in [0.4, 0.5) is 0 Å². The van der Waals surface area contributed by atoms with Gasteiger partial charge < -0.3 is 5.32 Å². The van der Waals surface area contributed by atoms with Crippen LogP contribution in [0.1, 0.15) is 51.3 Å². The molecule has 1 saturated carbocycles. The van der Waals surface area contributed by atoms with Gasteiger partial charge in [-0.2, -0.15) is 0 Å². The van der Waals surface area contributed by atoms with Crippen molar-refractivity contribution in [2.45, 2.75) is 59.0 Å². The van der Waals surface area contributed by atoms with E-state index < -0.39 is 0 Å². The lowest BCUT2D eigenvalue weighted by atomic mass is 9.86. The first-order chi connectivity index (χ1) is 9.67. The molecule has 1 aliphatic rings. The van der Waals surface area contributed by atoms with Crippen molar-refractivity contribution < 1.29 is 0 Å². The fourth-order valence-corrected chi connectivity index (χ4v) is 3.44. The molecule has 2 rings (SSSR count). The molecule has 3 heteroatoms. The quantitative estimate of drug-likeness (QED) is 0.653. The monoisotopic (exact) mass is 294 g/mol. The molecular weight excluding hydrogens is 264 g/mol. The Bertz CT molecular complexity index is 372. The zero-order valence-electron chi connectivity index (χ0n) is 13.3. The molecule has 0 spiro atoms. The molecule has 20 heavy (non-hydrogen) atoms. The van der Waals surface area contributed by atoms with Gasteiger partial charge in [0.05, 0.1) is 0 Å². The van der Waals surface area contributed by atoms with Crippen LogP contribution in [0.15, 0.2) is 17.5 Å². The van der Waals surface area contributed by atoms with Gasteiger partial charge >= 0.3 is 0 Å². The van der Waals surface area contributed by atoms with Gasteiger partial charge in [0.2, 0.25) is 0 Å². The van der Waals surface area contributed by atoms with Crippen LogP contribution in [0.2, 0.25) is 0 Å². The van der Waals surface area contributed by atoms with Crippen molar-refractivity contribution in [2.75, 3.05) is 19.6 Å².